The van der Waals surface area contributed by atoms with E-state index in [2.05, 4.69) is 43.3 Å². The van der Waals surface area contributed by atoms with Crippen LogP contribution in [0, 0.1) is 11.8 Å². The zero-order chi connectivity index (χ0) is 21.8. The van der Waals surface area contributed by atoms with Crippen molar-refractivity contribution in [2.45, 2.75) is 18.9 Å². The van der Waals surface area contributed by atoms with Crippen LogP contribution in [0.4, 0.5) is 0 Å². The number of hydrogen-bond donors (Lipinski definition) is 0. The first-order chi connectivity index (χ1) is 15.1. The molecule has 4 heteroatoms. The predicted molar refractivity (Wildman–Crippen MR) is 122 cm³/mol. The molecular formula is C27H30O4. The van der Waals surface area contributed by atoms with Crippen molar-refractivity contribution in [2.24, 2.45) is 11.8 Å². The first-order valence-corrected chi connectivity index (χ1v) is 10.7. The molecule has 162 valence electrons. The van der Waals surface area contributed by atoms with E-state index in [0.717, 1.165) is 33.9 Å². The van der Waals surface area contributed by atoms with E-state index in [4.69, 9.17) is 18.9 Å². The fourth-order valence-electron chi connectivity index (χ4n) is 4.09. The van der Waals surface area contributed by atoms with Gasteiger partial charge in [0.25, 0.3) is 0 Å². The normalized spacial score (nSPS) is 17.8. The van der Waals surface area contributed by atoms with Gasteiger partial charge >= 0.3 is 0 Å². The molecule has 2 unspecified atom stereocenters. The maximum Gasteiger partial charge on any atom is 0.143 e. The molecular weight excluding hydrogens is 388 g/mol. The van der Waals surface area contributed by atoms with Gasteiger partial charge in [-0.2, -0.15) is 0 Å². The van der Waals surface area contributed by atoms with Gasteiger partial charge in [0.2, 0.25) is 0 Å². The first kappa shape index (κ1) is 21.3. The van der Waals surface area contributed by atoms with Crippen LogP contribution in [0.1, 0.15) is 30.0 Å². The van der Waals surface area contributed by atoms with E-state index in [9.17, 15) is 0 Å². The van der Waals surface area contributed by atoms with Gasteiger partial charge in [0.1, 0.15) is 22.8 Å². The van der Waals surface area contributed by atoms with Crippen molar-refractivity contribution in [3.05, 3.63) is 89.5 Å². The quantitative estimate of drug-likeness (QED) is 0.419. The highest BCUT2D eigenvalue weighted by Gasteiger charge is 2.41. The second-order valence-corrected chi connectivity index (χ2v) is 8.15. The monoisotopic (exact) mass is 418 g/mol. The Morgan fingerprint density at radius 1 is 0.645 bits per heavy atom. The van der Waals surface area contributed by atoms with Crippen LogP contribution in [0.25, 0.3) is 0 Å². The van der Waals surface area contributed by atoms with Gasteiger partial charge in [-0.05, 0) is 71.3 Å². The molecule has 0 heterocycles. The van der Waals surface area contributed by atoms with Crippen LogP contribution in [0.5, 0.6) is 17.2 Å². The Labute approximate surface area is 184 Å². The SMILES string of the molecule is COc1ccc(C(OCC2CC2C)(c2ccc(OC)cc2)c2ccc(OC)cc2)cc1. The van der Waals surface area contributed by atoms with E-state index in [1.807, 2.05) is 36.4 Å². The minimum absolute atomic E-state index is 0.592. The van der Waals surface area contributed by atoms with Gasteiger partial charge < -0.3 is 18.9 Å². The summed E-state index contributed by atoms with van der Waals surface area (Å²) in [5.74, 6) is 3.75. The molecule has 0 saturated heterocycles. The predicted octanol–water partition coefficient (Wildman–Crippen LogP) is 5.68. The number of rotatable bonds is 9. The third kappa shape index (κ3) is 4.26. The zero-order valence-corrected chi connectivity index (χ0v) is 18.6. The van der Waals surface area contributed by atoms with E-state index >= 15 is 0 Å². The Morgan fingerprint density at radius 3 is 1.23 bits per heavy atom. The minimum Gasteiger partial charge on any atom is -0.497 e. The fraction of sp³-hybridized carbons (Fsp3) is 0.333. The molecule has 1 saturated carbocycles. The first-order valence-electron chi connectivity index (χ1n) is 10.7. The molecule has 0 aliphatic heterocycles. The zero-order valence-electron chi connectivity index (χ0n) is 18.6. The molecule has 1 aliphatic carbocycles. The largest absolute Gasteiger partial charge is 0.497 e. The van der Waals surface area contributed by atoms with Crippen LogP contribution in [0.3, 0.4) is 0 Å². The highest BCUT2D eigenvalue weighted by atomic mass is 16.5. The lowest BCUT2D eigenvalue weighted by atomic mass is 9.80. The van der Waals surface area contributed by atoms with Crippen LogP contribution < -0.4 is 14.2 Å². The van der Waals surface area contributed by atoms with Crippen molar-refractivity contribution >= 4 is 0 Å². The topological polar surface area (TPSA) is 36.9 Å². The van der Waals surface area contributed by atoms with Gasteiger partial charge in [-0.25, -0.2) is 0 Å². The third-order valence-electron chi connectivity index (χ3n) is 6.28. The maximum atomic E-state index is 6.88. The summed E-state index contributed by atoms with van der Waals surface area (Å²) in [7, 11) is 5.04. The molecule has 0 bridgehead atoms. The van der Waals surface area contributed by atoms with Gasteiger partial charge in [-0.15, -0.1) is 0 Å². The van der Waals surface area contributed by atoms with Gasteiger partial charge in [-0.3, -0.25) is 0 Å². The van der Waals surface area contributed by atoms with Crippen molar-refractivity contribution in [1.29, 1.82) is 0 Å². The van der Waals surface area contributed by atoms with E-state index in [0.29, 0.717) is 18.4 Å². The van der Waals surface area contributed by atoms with Crippen LogP contribution in [0.15, 0.2) is 72.8 Å². The summed E-state index contributed by atoms with van der Waals surface area (Å²) >= 11 is 0. The molecule has 0 amide bonds. The van der Waals surface area contributed by atoms with Crippen LogP contribution in [-0.4, -0.2) is 27.9 Å². The van der Waals surface area contributed by atoms with E-state index in [1.165, 1.54) is 6.42 Å². The Kier molecular flexibility index (Phi) is 6.19. The van der Waals surface area contributed by atoms with Crippen LogP contribution in [0.2, 0.25) is 0 Å². The summed E-state index contributed by atoms with van der Waals surface area (Å²) in [4.78, 5) is 0. The Hall–Kier alpha value is -2.98. The molecule has 0 N–H and O–H groups in total. The summed E-state index contributed by atoms with van der Waals surface area (Å²) in [6, 6.07) is 24.4. The number of ether oxygens (including phenoxy) is 4. The molecule has 1 aliphatic rings. The Balaban J connectivity index is 1.88. The molecule has 3 aromatic rings. The molecule has 0 radical (unpaired) electrons. The lowest BCUT2D eigenvalue weighted by Crippen LogP contribution is -2.33. The highest BCUT2D eigenvalue weighted by Crippen LogP contribution is 2.45. The average Bonchev–Trinajstić information content (AvgIpc) is 3.55. The van der Waals surface area contributed by atoms with Gasteiger partial charge in [0.05, 0.1) is 27.9 Å². The molecule has 1 fully saturated rings. The van der Waals surface area contributed by atoms with E-state index in [-0.39, 0.29) is 0 Å². The van der Waals surface area contributed by atoms with Gasteiger partial charge in [-0.1, -0.05) is 43.3 Å². The molecule has 3 aromatic carbocycles. The smallest absolute Gasteiger partial charge is 0.143 e. The molecule has 4 rings (SSSR count). The second kappa shape index (κ2) is 9.03. The standard InChI is InChI=1S/C27H30O4/c1-19-17-20(19)18-31-27(21-5-11-24(28-2)12-6-21,22-7-13-25(29-3)14-8-22)23-9-15-26(30-4)16-10-23/h5-16,19-20H,17-18H2,1-4H3. The molecule has 0 aromatic heterocycles. The number of hydrogen-bond acceptors (Lipinski definition) is 4. The van der Waals surface area contributed by atoms with Gasteiger partial charge in [0, 0.05) is 0 Å². The van der Waals surface area contributed by atoms with Crippen molar-refractivity contribution in [1.82, 2.24) is 0 Å². The Morgan fingerprint density at radius 2 is 0.968 bits per heavy atom. The average molecular weight is 419 g/mol. The fourth-order valence-corrected chi connectivity index (χ4v) is 4.09. The summed E-state index contributed by atoms with van der Waals surface area (Å²) < 4.78 is 23.1. The van der Waals surface area contributed by atoms with Crippen LogP contribution in [-0.2, 0) is 10.3 Å². The summed E-state index contributed by atoms with van der Waals surface area (Å²) in [5, 5.41) is 0. The lowest BCUT2D eigenvalue weighted by Gasteiger charge is -2.36. The lowest BCUT2D eigenvalue weighted by molar-refractivity contribution is 0.00460. The summed E-state index contributed by atoms with van der Waals surface area (Å²) in [6.45, 7) is 2.98. The van der Waals surface area contributed by atoms with Crippen molar-refractivity contribution < 1.29 is 18.9 Å². The Bertz CT molecular complexity index is 862. The van der Waals surface area contributed by atoms with Crippen LogP contribution >= 0.6 is 0 Å². The number of methoxy groups -OCH3 is 3. The van der Waals surface area contributed by atoms with Crippen molar-refractivity contribution in [2.75, 3.05) is 27.9 Å². The molecule has 31 heavy (non-hydrogen) atoms. The van der Waals surface area contributed by atoms with E-state index in [1.54, 1.807) is 21.3 Å². The highest BCUT2D eigenvalue weighted by molar-refractivity contribution is 5.50. The number of benzene rings is 3. The van der Waals surface area contributed by atoms with Crippen molar-refractivity contribution in [3.63, 3.8) is 0 Å². The summed E-state index contributed by atoms with van der Waals surface area (Å²) in [6.07, 6.45) is 1.21. The third-order valence-corrected chi connectivity index (χ3v) is 6.28. The molecule has 0 spiro atoms. The molecule has 2 atom stereocenters. The van der Waals surface area contributed by atoms with Gasteiger partial charge in [0.15, 0.2) is 0 Å². The minimum atomic E-state index is -0.757. The second-order valence-electron chi connectivity index (χ2n) is 8.15. The molecule has 4 nitrogen and oxygen atoms in total. The van der Waals surface area contributed by atoms with E-state index < -0.39 is 5.60 Å². The maximum absolute atomic E-state index is 6.88. The summed E-state index contributed by atoms with van der Waals surface area (Å²) in [5.41, 5.74) is 2.40. The van der Waals surface area contributed by atoms with Crippen molar-refractivity contribution in [3.8, 4) is 17.2 Å².